The summed E-state index contributed by atoms with van der Waals surface area (Å²) in [7, 11) is 0. The molecule has 1 aliphatic rings. The van der Waals surface area contributed by atoms with E-state index in [1.165, 1.54) is 16.8 Å². The Bertz CT molecular complexity index is 838. The lowest BCUT2D eigenvalue weighted by Crippen LogP contribution is -2.41. The van der Waals surface area contributed by atoms with Crippen molar-refractivity contribution < 1.29 is 9.53 Å². The van der Waals surface area contributed by atoms with Crippen LogP contribution in [0, 0.1) is 0 Å². The van der Waals surface area contributed by atoms with Gasteiger partial charge in [-0.1, -0.05) is 6.07 Å². The summed E-state index contributed by atoms with van der Waals surface area (Å²) in [5, 5.41) is 0. The number of likely N-dealkylation sites (tertiary alicyclic amines) is 1. The average molecular weight is 358 g/mol. The number of hydrogen-bond donors (Lipinski definition) is 1. The topological polar surface area (TPSA) is 97.3 Å². The lowest BCUT2D eigenvalue weighted by Gasteiger charge is -2.32. The number of aryl methyl sites for hydroxylation is 1. The number of aromatic amines is 1. The van der Waals surface area contributed by atoms with E-state index < -0.39 is 11.2 Å². The predicted octanol–water partition coefficient (Wildman–Crippen LogP) is 0.530. The van der Waals surface area contributed by atoms with Crippen LogP contribution in [0.5, 0.6) is 0 Å². The Morgan fingerprint density at radius 1 is 1.27 bits per heavy atom. The van der Waals surface area contributed by atoms with Crippen molar-refractivity contribution in [2.24, 2.45) is 0 Å². The summed E-state index contributed by atoms with van der Waals surface area (Å²) in [6, 6.07) is 5.13. The second-order valence-corrected chi connectivity index (χ2v) is 6.31. The van der Waals surface area contributed by atoms with Crippen molar-refractivity contribution in [1.29, 1.82) is 0 Å². The Morgan fingerprint density at radius 3 is 2.77 bits per heavy atom. The molecule has 2 aromatic rings. The normalized spacial score (nSPS) is 15.2. The van der Waals surface area contributed by atoms with Gasteiger partial charge < -0.3 is 14.2 Å². The predicted molar refractivity (Wildman–Crippen MR) is 94.6 cm³/mol. The zero-order valence-electron chi connectivity index (χ0n) is 14.5. The van der Waals surface area contributed by atoms with Crippen molar-refractivity contribution in [1.82, 2.24) is 19.4 Å². The van der Waals surface area contributed by atoms with Crippen LogP contribution in [-0.2, 0) is 22.7 Å². The van der Waals surface area contributed by atoms with Gasteiger partial charge in [-0.05, 0) is 24.5 Å². The molecule has 1 fully saturated rings. The first-order chi connectivity index (χ1) is 12.6. The second-order valence-electron chi connectivity index (χ2n) is 6.31. The smallest absolute Gasteiger partial charge is 0.328 e. The maximum absolute atomic E-state index is 12.3. The van der Waals surface area contributed by atoms with Gasteiger partial charge in [0.25, 0.3) is 5.56 Å². The Hall–Kier alpha value is -2.74. The number of piperidine rings is 1. The number of amides is 1. The van der Waals surface area contributed by atoms with E-state index in [4.69, 9.17) is 4.74 Å². The number of pyridine rings is 1. The highest BCUT2D eigenvalue weighted by molar-refractivity contribution is 5.76. The Labute approximate surface area is 150 Å². The van der Waals surface area contributed by atoms with E-state index in [0.717, 1.165) is 18.4 Å². The fourth-order valence-corrected chi connectivity index (χ4v) is 2.96. The molecule has 2 aromatic heterocycles. The van der Waals surface area contributed by atoms with E-state index in [9.17, 15) is 14.4 Å². The third kappa shape index (κ3) is 4.89. The summed E-state index contributed by atoms with van der Waals surface area (Å²) in [6.07, 6.45) is 6.89. The summed E-state index contributed by atoms with van der Waals surface area (Å²) in [5.74, 6) is 0.00816. The molecular weight excluding hydrogens is 336 g/mol. The molecule has 138 valence electrons. The van der Waals surface area contributed by atoms with Crippen molar-refractivity contribution in [3.8, 4) is 0 Å². The molecule has 0 aliphatic carbocycles. The van der Waals surface area contributed by atoms with E-state index in [-0.39, 0.29) is 25.0 Å². The van der Waals surface area contributed by atoms with Crippen LogP contribution in [-0.4, -0.2) is 44.5 Å². The van der Waals surface area contributed by atoms with E-state index in [2.05, 4.69) is 9.97 Å². The summed E-state index contributed by atoms with van der Waals surface area (Å²) < 4.78 is 7.23. The minimum atomic E-state index is -0.493. The number of H-pyrrole nitrogens is 1. The number of ether oxygens (including phenoxy) is 1. The summed E-state index contributed by atoms with van der Waals surface area (Å²) in [4.78, 5) is 43.0. The van der Waals surface area contributed by atoms with Gasteiger partial charge in [0, 0.05) is 50.7 Å². The number of nitrogens with zero attached hydrogens (tertiary/aromatic N) is 3. The molecule has 0 spiro atoms. The summed E-state index contributed by atoms with van der Waals surface area (Å²) >= 11 is 0. The van der Waals surface area contributed by atoms with Crippen molar-refractivity contribution in [2.75, 3.05) is 13.1 Å². The van der Waals surface area contributed by atoms with Crippen molar-refractivity contribution >= 4 is 5.91 Å². The van der Waals surface area contributed by atoms with Crippen LogP contribution in [0.1, 0.15) is 24.8 Å². The highest BCUT2D eigenvalue weighted by Gasteiger charge is 2.23. The van der Waals surface area contributed by atoms with Crippen molar-refractivity contribution in [3.63, 3.8) is 0 Å². The monoisotopic (exact) mass is 358 g/mol. The van der Waals surface area contributed by atoms with E-state index in [1.807, 2.05) is 12.1 Å². The van der Waals surface area contributed by atoms with Crippen LogP contribution >= 0.6 is 0 Å². The minimum Gasteiger partial charge on any atom is -0.373 e. The number of nitrogens with one attached hydrogen (secondary N) is 1. The van der Waals surface area contributed by atoms with E-state index >= 15 is 0 Å². The molecule has 1 amide bonds. The van der Waals surface area contributed by atoms with Crippen LogP contribution in [0.25, 0.3) is 0 Å². The van der Waals surface area contributed by atoms with E-state index in [1.54, 1.807) is 17.3 Å². The molecule has 8 nitrogen and oxygen atoms in total. The van der Waals surface area contributed by atoms with Gasteiger partial charge >= 0.3 is 5.69 Å². The molecule has 0 bridgehead atoms. The van der Waals surface area contributed by atoms with Gasteiger partial charge in [0.15, 0.2) is 0 Å². The fraction of sp³-hybridized carbons (Fsp3) is 0.444. The summed E-state index contributed by atoms with van der Waals surface area (Å²) in [6.45, 7) is 2.08. The second kappa shape index (κ2) is 8.57. The molecule has 0 atom stereocenters. The standard InChI is InChI=1S/C18H22N4O4/c23-16-5-10-22(18(25)20-16)11-6-17(24)21-8-3-15(4-9-21)26-13-14-2-1-7-19-12-14/h1-2,5,7,10,12,15H,3-4,6,8-9,11,13H2,(H,20,23,25). The lowest BCUT2D eigenvalue weighted by atomic mass is 10.1. The highest BCUT2D eigenvalue weighted by atomic mass is 16.5. The van der Waals surface area contributed by atoms with Crippen LogP contribution in [0.2, 0.25) is 0 Å². The van der Waals surface area contributed by atoms with Gasteiger partial charge in [-0.2, -0.15) is 0 Å². The first-order valence-corrected chi connectivity index (χ1v) is 8.70. The maximum Gasteiger partial charge on any atom is 0.328 e. The van der Waals surface area contributed by atoms with Crippen LogP contribution in [0.15, 0.2) is 46.4 Å². The third-order valence-corrected chi connectivity index (χ3v) is 4.47. The molecule has 0 unspecified atom stereocenters. The average Bonchev–Trinajstić information content (AvgIpc) is 2.67. The Kier molecular flexibility index (Phi) is 5.96. The molecule has 3 heterocycles. The molecule has 1 saturated heterocycles. The zero-order chi connectivity index (χ0) is 18.4. The lowest BCUT2D eigenvalue weighted by molar-refractivity contribution is -0.134. The van der Waals surface area contributed by atoms with Gasteiger partial charge in [0.2, 0.25) is 5.91 Å². The summed E-state index contributed by atoms with van der Waals surface area (Å²) in [5.41, 5.74) is 0.107. The molecule has 0 aromatic carbocycles. The molecule has 3 rings (SSSR count). The van der Waals surface area contributed by atoms with Crippen LogP contribution in [0.3, 0.4) is 0 Å². The maximum atomic E-state index is 12.3. The molecule has 0 saturated carbocycles. The molecule has 1 aliphatic heterocycles. The number of rotatable bonds is 6. The van der Waals surface area contributed by atoms with E-state index in [0.29, 0.717) is 19.7 Å². The minimum absolute atomic E-state index is 0.00816. The number of aromatic nitrogens is 3. The van der Waals surface area contributed by atoms with Gasteiger partial charge in [0.1, 0.15) is 0 Å². The first kappa shape index (κ1) is 18.1. The molecule has 0 radical (unpaired) electrons. The fourth-order valence-electron chi connectivity index (χ4n) is 2.96. The quantitative estimate of drug-likeness (QED) is 0.812. The number of carbonyl (C=O) groups is 1. The van der Waals surface area contributed by atoms with Crippen molar-refractivity contribution in [3.05, 3.63) is 63.2 Å². The zero-order valence-corrected chi connectivity index (χ0v) is 14.5. The third-order valence-electron chi connectivity index (χ3n) is 4.47. The largest absolute Gasteiger partial charge is 0.373 e. The van der Waals surface area contributed by atoms with Crippen LogP contribution < -0.4 is 11.2 Å². The van der Waals surface area contributed by atoms with Gasteiger partial charge in [-0.3, -0.25) is 19.6 Å². The van der Waals surface area contributed by atoms with Gasteiger partial charge in [0.05, 0.1) is 12.7 Å². The Balaban J connectivity index is 1.42. The molecular formula is C18H22N4O4. The van der Waals surface area contributed by atoms with Crippen LogP contribution in [0.4, 0.5) is 0 Å². The molecule has 8 heteroatoms. The molecule has 1 N–H and O–H groups in total. The number of carbonyl (C=O) groups excluding carboxylic acids is 1. The first-order valence-electron chi connectivity index (χ1n) is 8.70. The highest BCUT2D eigenvalue weighted by Crippen LogP contribution is 2.16. The SMILES string of the molecule is O=C(CCn1ccc(=O)[nH]c1=O)N1CCC(OCc2cccnc2)CC1. The van der Waals surface area contributed by atoms with Crippen molar-refractivity contribution in [2.45, 2.75) is 38.5 Å². The number of hydrogen-bond acceptors (Lipinski definition) is 5. The Morgan fingerprint density at radius 2 is 2.08 bits per heavy atom. The van der Waals surface area contributed by atoms with Gasteiger partial charge in [-0.25, -0.2) is 4.79 Å². The molecule has 26 heavy (non-hydrogen) atoms. The van der Waals surface area contributed by atoms with Gasteiger partial charge in [-0.15, -0.1) is 0 Å².